The van der Waals surface area contributed by atoms with Crippen LogP contribution in [-0.4, -0.2) is 35.6 Å². The average molecular weight is 443 g/mol. The van der Waals surface area contributed by atoms with E-state index >= 15 is 0 Å². The highest BCUT2D eigenvalue weighted by Gasteiger charge is 2.37. The number of hydrogen-bond donors (Lipinski definition) is 2. The first-order chi connectivity index (χ1) is 13.6. The minimum atomic E-state index is -5.08. The van der Waals surface area contributed by atoms with Gasteiger partial charge < -0.3 is 15.2 Å². The molecule has 1 aromatic carbocycles. The summed E-state index contributed by atoms with van der Waals surface area (Å²) >= 11 is 0. The molecule has 2 N–H and O–H groups in total. The number of rotatable bonds is 8. The van der Waals surface area contributed by atoms with Crippen LogP contribution in [0.3, 0.4) is 0 Å². The Morgan fingerprint density at radius 1 is 1.03 bits per heavy atom. The lowest BCUT2D eigenvalue weighted by molar-refractivity contribution is -0.147. The van der Waals surface area contributed by atoms with E-state index in [9.17, 15) is 45.8 Å². The summed E-state index contributed by atoms with van der Waals surface area (Å²) in [5, 5.41) is 11.3. The summed E-state index contributed by atoms with van der Waals surface area (Å²) in [6.07, 6.45) is -11.5. The third-order valence-electron chi connectivity index (χ3n) is 3.96. The number of carboxylic acids is 1. The van der Waals surface area contributed by atoms with Crippen molar-refractivity contribution >= 4 is 17.8 Å². The van der Waals surface area contributed by atoms with Gasteiger partial charge in [-0.2, -0.15) is 26.3 Å². The molecule has 0 heterocycles. The van der Waals surface area contributed by atoms with Crippen molar-refractivity contribution in [3.8, 4) is 0 Å². The van der Waals surface area contributed by atoms with Gasteiger partial charge >= 0.3 is 24.3 Å². The van der Waals surface area contributed by atoms with Gasteiger partial charge in [-0.1, -0.05) is 6.92 Å². The molecule has 0 aromatic heterocycles. The summed E-state index contributed by atoms with van der Waals surface area (Å²) in [4.78, 5) is 35.0. The van der Waals surface area contributed by atoms with Gasteiger partial charge in [0.15, 0.2) is 0 Å². The first-order valence-electron chi connectivity index (χ1n) is 8.61. The quantitative estimate of drug-likeness (QED) is 0.475. The summed E-state index contributed by atoms with van der Waals surface area (Å²) in [6, 6.07) is -0.919. The molecule has 0 fully saturated rings. The van der Waals surface area contributed by atoms with Gasteiger partial charge in [0, 0.05) is 0 Å². The Morgan fingerprint density at radius 2 is 1.53 bits per heavy atom. The van der Waals surface area contributed by atoms with E-state index in [-0.39, 0.29) is 19.1 Å². The molecule has 12 heteroatoms. The predicted molar refractivity (Wildman–Crippen MR) is 90.1 cm³/mol. The van der Waals surface area contributed by atoms with Crippen molar-refractivity contribution in [2.75, 3.05) is 6.61 Å². The number of esters is 1. The minimum absolute atomic E-state index is 0.0483. The maximum absolute atomic E-state index is 12.9. The normalized spacial score (nSPS) is 14.0. The van der Waals surface area contributed by atoms with Gasteiger partial charge in [0.25, 0.3) is 0 Å². The molecule has 0 saturated heterocycles. The minimum Gasteiger partial charge on any atom is -0.480 e. The van der Waals surface area contributed by atoms with E-state index in [1.54, 1.807) is 0 Å². The van der Waals surface area contributed by atoms with Crippen LogP contribution < -0.4 is 5.32 Å². The molecule has 0 spiro atoms. The maximum Gasteiger partial charge on any atom is 0.416 e. The number of hydrogen-bond acceptors (Lipinski definition) is 4. The van der Waals surface area contributed by atoms with Crippen LogP contribution in [-0.2, 0) is 37.9 Å². The lowest BCUT2D eigenvalue weighted by Crippen LogP contribution is -2.46. The Morgan fingerprint density at radius 3 is 1.93 bits per heavy atom. The Bertz CT molecular complexity index is 758. The lowest BCUT2D eigenvalue weighted by atomic mass is 9.97. The zero-order chi connectivity index (χ0) is 23.3. The first-order valence-corrected chi connectivity index (χ1v) is 8.61. The number of alkyl halides is 6. The van der Waals surface area contributed by atoms with Crippen LogP contribution in [0.5, 0.6) is 0 Å². The number of aliphatic carboxylic acids is 1. The van der Waals surface area contributed by atoms with Crippen LogP contribution in [0.2, 0.25) is 0 Å². The second-order valence-electron chi connectivity index (χ2n) is 6.46. The van der Waals surface area contributed by atoms with Crippen LogP contribution in [0.25, 0.3) is 0 Å². The third kappa shape index (κ3) is 7.56. The number of carbonyl (C=O) groups excluding carboxylic acids is 2. The molecule has 0 radical (unpaired) electrons. The Hall–Kier alpha value is -2.79. The van der Waals surface area contributed by atoms with Crippen molar-refractivity contribution < 1.29 is 50.6 Å². The summed E-state index contributed by atoms with van der Waals surface area (Å²) in [7, 11) is 0. The number of benzene rings is 1. The monoisotopic (exact) mass is 443 g/mol. The Labute approximate surface area is 167 Å². The molecule has 0 saturated carbocycles. The van der Waals surface area contributed by atoms with Gasteiger partial charge in [0.05, 0.1) is 30.6 Å². The summed E-state index contributed by atoms with van der Waals surface area (Å²) in [5.74, 6) is -4.32. The fourth-order valence-corrected chi connectivity index (χ4v) is 2.58. The topological polar surface area (TPSA) is 92.7 Å². The predicted octanol–water partition coefficient (Wildman–Crippen LogP) is 3.43. The van der Waals surface area contributed by atoms with Crippen molar-refractivity contribution in [3.63, 3.8) is 0 Å². The molecule has 2 atom stereocenters. The first kappa shape index (κ1) is 25.2. The Balaban J connectivity index is 3.04. The second kappa shape index (κ2) is 9.81. The van der Waals surface area contributed by atoms with Crippen molar-refractivity contribution in [3.05, 3.63) is 34.9 Å². The summed E-state index contributed by atoms with van der Waals surface area (Å²) < 4.78 is 82.0. The molecule has 1 rings (SSSR count). The zero-order valence-corrected chi connectivity index (χ0v) is 15.9. The molecule has 1 amide bonds. The largest absolute Gasteiger partial charge is 0.480 e. The standard InChI is InChI=1S/C18H19F6NO5/c1-3-30-14(27)4-9(2)15(16(28)29)25-13(26)7-10-5-11(17(19,20)21)8-12(6-10)18(22,23)24/h5-6,8-9,15H,3-4,7H2,1-2H3,(H,25,26)(H,28,29)/t9-,15-/m1/s1. The fraction of sp³-hybridized carbons (Fsp3) is 0.500. The van der Waals surface area contributed by atoms with Gasteiger partial charge in [0.2, 0.25) is 5.91 Å². The summed E-state index contributed by atoms with van der Waals surface area (Å²) in [5.41, 5.74) is -3.78. The van der Waals surface area contributed by atoms with Crippen molar-refractivity contribution in [1.29, 1.82) is 0 Å². The van der Waals surface area contributed by atoms with Crippen molar-refractivity contribution in [2.24, 2.45) is 5.92 Å². The molecular formula is C18H19F6NO5. The molecule has 168 valence electrons. The number of carbonyl (C=O) groups is 3. The summed E-state index contributed by atoms with van der Waals surface area (Å²) in [6.45, 7) is 2.90. The van der Waals surface area contributed by atoms with Gasteiger partial charge in [0.1, 0.15) is 6.04 Å². The van der Waals surface area contributed by atoms with Crippen LogP contribution in [0.1, 0.15) is 37.0 Å². The molecule has 30 heavy (non-hydrogen) atoms. The van der Waals surface area contributed by atoms with Crippen molar-refractivity contribution in [2.45, 2.75) is 45.1 Å². The van der Waals surface area contributed by atoms with E-state index in [1.165, 1.54) is 13.8 Å². The smallest absolute Gasteiger partial charge is 0.416 e. The third-order valence-corrected chi connectivity index (χ3v) is 3.96. The highest BCUT2D eigenvalue weighted by molar-refractivity contribution is 5.85. The molecule has 1 aromatic rings. The lowest BCUT2D eigenvalue weighted by Gasteiger charge is -2.21. The second-order valence-corrected chi connectivity index (χ2v) is 6.46. The number of nitrogens with one attached hydrogen (secondary N) is 1. The maximum atomic E-state index is 12.9. The van der Waals surface area contributed by atoms with E-state index in [4.69, 9.17) is 0 Å². The number of amides is 1. The number of halogens is 6. The highest BCUT2D eigenvalue weighted by Crippen LogP contribution is 2.36. The van der Waals surface area contributed by atoms with Crippen LogP contribution in [0.15, 0.2) is 18.2 Å². The highest BCUT2D eigenvalue weighted by atomic mass is 19.4. The molecule has 6 nitrogen and oxygen atoms in total. The molecule has 0 aliphatic carbocycles. The van der Waals surface area contributed by atoms with Gasteiger partial charge in [-0.05, 0) is 36.6 Å². The number of carboxylic acid groups (broad SMARTS) is 1. The van der Waals surface area contributed by atoms with Gasteiger partial charge in [-0.3, -0.25) is 9.59 Å². The van der Waals surface area contributed by atoms with E-state index in [0.717, 1.165) is 0 Å². The van der Waals surface area contributed by atoms with E-state index in [1.807, 2.05) is 5.32 Å². The Kier molecular flexibility index (Phi) is 8.25. The molecule has 0 unspecified atom stereocenters. The van der Waals surface area contributed by atoms with Crippen LogP contribution in [0.4, 0.5) is 26.3 Å². The number of ether oxygens (including phenoxy) is 1. The molecule has 0 bridgehead atoms. The SMILES string of the molecule is CCOC(=O)C[C@@H](C)[C@@H](NC(=O)Cc1cc(C(F)(F)F)cc(C(F)(F)F)c1)C(=O)O. The average Bonchev–Trinajstić information content (AvgIpc) is 2.57. The molecular weight excluding hydrogens is 424 g/mol. The van der Waals surface area contributed by atoms with E-state index in [2.05, 4.69) is 4.74 Å². The van der Waals surface area contributed by atoms with E-state index < -0.39 is 65.3 Å². The van der Waals surface area contributed by atoms with Crippen LogP contribution in [0, 0.1) is 5.92 Å². The van der Waals surface area contributed by atoms with Gasteiger partial charge in [-0.15, -0.1) is 0 Å². The fourth-order valence-electron chi connectivity index (χ4n) is 2.58. The van der Waals surface area contributed by atoms with Crippen molar-refractivity contribution in [1.82, 2.24) is 5.32 Å². The van der Waals surface area contributed by atoms with Crippen LogP contribution >= 0.6 is 0 Å². The van der Waals surface area contributed by atoms with E-state index in [0.29, 0.717) is 12.1 Å². The zero-order valence-electron chi connectivity index (χ0n) is 15.9. The molecule has 0 aliphatic heterocycles. The van der Waals surface area contributed by atoms with Gasteiger partial charge in [-0.25, -0.2) is 4.79 Å². The molecule has 0 aliphatic rings.